The molecule has 0 saturated carbocycles. The van der Waals surface area contributed by atoms with Gasteiger partial charge in [-0.2, -0.15) is 0 Å². The molecule has 0 atom stereocenters. The van der Waals surface area contributed by atoms with Crippen LogP contribution < -0.4 is 5.32 Å². The molecule has 2 rings (SSSR count). The number of hydrogen-bond donors (Lipinski definition) is 1. The number of benzene rings is 2. The van der Waals surface area contributed by atoms with Crippen LogP contribution in [-0.4, -0.2) is 18.0 Å². The minimum absolute atomic E-state index is 0.0989. The van der Waals surface area contributed by atoms with Crippen LogP contribution in [0.3, 0.4) is 0 Å². The van der Waals surface area contributed by atoms with Crippen LogP contribution in [0.15, 0.2) is 48.5 Å². The van der Waals surface area contributed by atoms with Crippen molar-refractivity contribution in [3.8, 4) is 0 Å². The van der Waals surface area contributed by atoms with Crippen molar-refractivity contribution < 1.29 is 4.79 Å². The summed E-state index contributed by atoms with van der Waals surface area (Å²) in [6.07, 6.45) is 0. The lowest BCUT2D eigenvalue weighted by Crippen LogP contribution is -2.36. The van der Waals surface area contributed by atoms with Gasteiger partial charge in [0.15, 0.2) is 0 Å². The van der Waals surface area contributed by atoms with Gasteiger partial charge in [-0.3, -0.25) is 0 Å². The van der Waals surface area contributed by atoms with Gasteiger partial charge in [-0.05, 0) is 35.7 Å². The lowest BCUT2D eigenvalue weighted by molar-refractivity contribution is 0.206. The van der Waals surface area contributed by atoms with Gasteiger partial charge in [0.05, 0.1) is 0 Å². The fourth-order valence-corrected chi connectivity index (χ4v) is 2.29. The van der Waals surface area contributed by atoms with E-state index in [0.29, 0.717) is 18.1 Å². The Morgan fingerprint density at radius 3 is 2.67 bits per heavy atom. The third kappa shape index (κ3) is 4.50. The predicted octanol–water partition coefficient (Wildman–Crippen LogP) is 3.99. The van der Waals surface area contributed by atoms with Gasteiger partial charge in [-0.15, -0.1) is 0 Å². The van der Waals surface area contributed by atoms with E-state index >= 15 is 0 Å². The first-order valence-corrected chi connectivity index (χ1v) is 7.22. The van der Waals surface area contributed by atoms with Crippen LogP contribution in [0.25, 0.3) is 0 Å². The Morgan fingerprint density at radius 2 is 1.95 bits per heavy atom. The topological polar surface area (TPSA) is 32.3 Å². The largest absolute Gasteiger partial charge is 0.334 e. The number of aryl methyl sites for hydroxylation is 1. The van der Waals surface area contributed by atoms with E-state index in [0.717, 1.165) is 11.1 Å². The highest BCUT2D eigenvalue weighted by molar-refractivity contribution is 6.30. The standard InChI is InChI=1S/C17H19ClN2O/c1-13-6-3-4-8-15(13)12-20(2)17(21)19-11-14-7-5-9-16(18)10-14/h3-10H,11-12H2,1-2H3,(H,19,21). The molecule has 0 aliphatic rings. The molecule has 3 nitrogen and oxygen atoms in total. The number of urea groups is 1. The van der Waals surface area contributed by atoms with Gasteiger partial charge in [-0.1, -0.05) is 48.0 Å². The molecule has 21 heavy (non-hydrogen) atoms. The molecule has 0 heterocycles. The predicted molar refractivity (Wildman–Crippen MR) is 86.3 cm³/mol. The Hall–Kier alpha value is -2.00. The zero-order valence-corrected chi connectivity index (χ0v) is 13.0. The summed E-state index contributed by atoms with van der Waals surface area (Å²) in [6, 6.07) is 15.5. The van der Waals surface area contributed by atoms with Crippen molar-refractivity contribution in [2.24, 2.45) is 0 Å². The second-order valence-corrected chi connectivity index (χ2v) is 5.51. The molecule has 0 fully saturated rings. The van der Waals surface area contributed by atoms with Crippen molar-refractivity contribution >= 4 is 17.6 Å². The number of nitrogens with zero attached hydrogens (tertiary/aromatic N) is 1. The fraction of sp³-hybridized carbons (Fsp3) is 0.235. The highest BCUT2D eigenvalue weighted by atomic mass is 35.5. The van der Waals surface area contributed by atoms with E-state index in [1.807, 2.05) is 55.5 Å². The molecule has 110 valence electrons. The Labute approximate surface area is 130 Å². The summed E-state index contributed by atoms with van der Waals surface area (Å²) < 4.78 is 0. The smallest absolute Gasteiger partial charge is 0.317 e. The van der Waals surface area contributed by atoms with Crippen LogP contribution in [0.4, 0.5) is 4.79 Å². The minimum atomic E-state index is -0.0989. The third-order valence-corrected chi connectivity index (χ3v) is 3.58. The average molecular weight is 303 g/mol. The van der Waals surface area contributed by atoms with E-state index in [1.165, 1.54) is 5.56 Å². The van der Waals surface area contributed by atoms with Gasteiger partial charge in [0.25, 0.3) is 0 Å². The quantitative estimate of drug-likeness (QED) is 0.910. The molecule has 2 aromatic carbocycles. The maximum Gasteiger partial charge on any atom is 0.317 e. The van der Waals surface area contributed by atoms with E-state index in [9.17, 15) is 4.79 Å². The van der Waals surface area contributed by atoms with Crippen LogP contribution in [0.5, 0.6) is 0 Å². The van der Waals surface area contributed by atoms with E-state index < -0.39 is 0 Å². The fourth-order valence-electron chi connectivity index (χ4n) is 2.07. The third-order valence-electron chi connectivity index (χ3n) is 3.35. The van der Waals surface area contributed by atoms with Crippen molar-refractivity contribution in [2.75, 3.05) is 7.05 Å². The van der Waals surface area contributed by atoms with Crippen LogP contribution >= 0.6 is 11.6 Å². The molecule has 0 bridgehead atoms. The summed E-state index contributed by atoms with van der Waals surface area (Å²) in [5, 5.41) is 3.57. The molecule has 0 aliphatic heterocycles. The number of hydrogen-bond acceptors (Lipinski definition) is 1. The first-order chi connectivity index (χ1) is 10.1. The van der Waals surface area contributed by atoms with Crippen molar-refractivity contribution in [1.29, 1.82) is 0 Å². The van der Waals surface area contributed by atoms with Crippen molar-refractivity contribution in [3.05, 3.63) is 70.2 Å². The van der Waals surface area contributed by atoms with Crippen LogP contribution in [-0.2, 0) is 13.1 Å². The maximum absolute atomic E-state index is 12.1. The van der Waals surface area contributed by atoms with Crippen LogP contribution in [0, 0.1) is 6.92 Å². The van der Waals surface area contributed by atoms with Crippen molar-refractivity contribution in [2.45, 2.75) is 20.0 Å². The number of carbonyl (C=O) groups is 1. The summed E-state index contributed by atoms with van der Waals surface area (Å²) >= 11 is 5.92. The number of rotatable bonds is 4. The van der Waals surface area contributed by atoms with E-state index in [2.05, 4.69) is 5.32 Å². The van der Waals surface area contributed by atoms with E-state index in [1.54, 1.807) is 11.9 Å². The Morgan fingerprint density at radius 1 is 1.19 bits per heavy atom. The second-order valence-electron chi connectivity index (χ2n) is 5.07. The molecule has 0 spiro atoms. The maximum atomic E-state index is 12.1. The summed E-state index contributed by atoms with van der Waals surface area (Å²) in [7, 11) is 1.79. The highest BCUT2D eigenvalue weighted by Crippen LogP contribution is 2.11. The van der Waals surface area contributed by atoms with Crippen LogP contribution in [0.2, 0.25) is 5.02 Å². The summed E-state index contributed by atoms with van der Waals surface area (Å²) in [6.45, 7) is 3.11. The number of amides is 2. The first-order valence-electron chi connectivity index (χ1n) is 6.84. The van der Waals surface area contributed by atoms with Gasteiger partial charge in [-0.25, -0.2) is 4.79 Å². The SMILES string of the molecule is Cc1ccccc1CN(C)C(=O)NCc1cccc(Cl)c1. The average Bonchev–Trinajstić information content (AvgIpc) is 2.47. The van der Waals surface area contributed by atoms with Gasteiger partial charge < -0.3 is 10.2 Å². The number of nitrogens with one attached hydrogen (secondary N) is 1. The summed E-state index contributed by atoms with van der Waals surface area (Å²) in [5.41, 5.74) is 3.32. The lowest BCUT2D eigenvalue weighted by Gasteiger charge is -2.19. The summed E-state index contributed by atoms with van der Waals surface area (Å²) in [5.74, 6) is 0. The second kappa shape index (κ2) is 7.14. The van der Waals surface area contributed by atoms with E-state index in [4.69, 9.17) is 11.6 Å². The van der Waals surface area contributed by atoms with Gasteiger partial charge in [0.2, 0.25) is 0 Å². The highest BCUT2D eigenvalue weighted by Gasteiger charge is 2.09. The minimum Gasteiger partial charge on any atom is -0.334 e. The molecule has 4 heteroatoms. The molecule has 0 unspecified atom stereocenters. The molecular weight excluding hydrogens is 284 g/mol. The van der Waals surface area contributed by atoms with Crippen LogP contribution in [0.1, 0.15) is 16.7 Å². The Kier molecular flexibility index (Phi) is 5.23. The van der Waals surface area contributed by atoms with Gasteiger partial charge in [0, 0.05) is 25.2 Å². The van der Waals surface area contributed by atoms with E-state index in [-0.39, 0.29) is 6.03 Å². The molecule has 0 saturated heterocycles. The molecule has 2 amide bonds. The monoisotopic (exact) mass is 302 g/mol. The molecule has 0 aliphatic carbocycles. The molecule has 0 aromatic heterocycles. The lowest BCUT2D eigenvalue weighted by atomic mass is 10.1. The molecular formula is C17H19ClN2O. The normalized spacial score (nSPS) is 10.2. The molecule has 1 N–H and O–H groups in total. The van der Waals surface area contributed by atoms with Gasteiger partial charge >= 0.3 is 6.03 Å². The number of carbonyl (C=O) groups excluding carboxylic acids is 1. The zero-order valence-electron chi connectivity index (χ0n) is 12.3. The Balaban J connectivity index is 1.90. The van der Waals surface area contributed by atoms with Crippen molar-refractivity contribution in [3.63, 3.8) is 0 Å². The summed E-state index contributed by atoms with van der Waals surface area (Å²) in [4.78, 5) is 13.8. The molecule has 2 aromatic rings. The number of halogens is 1. The Bertz CT molecular complexity index is 628. The molecule has 0 radical (unpaired) electrons. The first kappa shape index (κ1) is 15.4. The van der Waals surface area contributed by atoms with Gasteiger partial charge in [0.1, 0.15) is 0 Å². The van der Waals surface area contributed by atoms with Crippen molar-refractivity contribution in [1.82, 2.24) is 10.2 Å². The zero-order chi connectivity index (χ0) is 15.2.